The zero-order valence-corrected chi connectivity index (χ0v) is 11.2. The highest BCUT2D eigenvalue weighted by Crippen LogP contribution is 2.27. The smallest absolute Gasteiger partial charge is 0.125 e. The molecule has 2 aromatic rings. The lowest BCUT2D eigenvalue weighted by molar-refractivity contribution is 0.410. The summed E-state index contributed by atoms with van der Waals surface area (Å²) < 4.78 is 5.28. The number of ether oxygens (including phenoxy) is 1. The summed E-state index contributed by atoms with van der Waals surface area (Å²) in [6.45, 7) is 0.564. The van der Waals surface area contributed by atoms with Crippen molar-refractivity contribution in [3.63, 3.8) is 0 Å². The zero-order valence-electron chi connectivity index (χ0n) is 10.5. The Morgan fingerprint density at radius 1 is 1.21 bits per heavy atom. The van der Waals surface area contributed by atoms with Gasteiger partial charge >= 0.3 is 0 Å². The van der Waals surface area contributed by atoms with Crippen molar-refractivity contribution in [3.05, 3.63) is 58.6 Å². The molecule has 0 saturated heterocycles. The van der Waals surface area contributed by atoms with Crippen LogP contribution in [-0.4, -0.2) is 7.11 Å². The highest BCUT2D eigenvalue weighted by Gasteiger charge is 2.07. The first-order valence-electron chi connectivity index (χ1n) is 5.80. The van der Waals surface area contributed by atoms with E-state index in [0.29, 0.717) is 17.1 Å². The Kier molecular flexibility index (Phi) is 4.27. The SMILES string of the molecule is COc1cccc(Cl)c1CNc1ccc(C#N)cc1. The standard InChI is InChI=1S/C15H13ClN2O/c1-19-15-4-2-3-14(16)13(15)10-18-12-7-5-11(9-17)6-8-12/h2-8,18H,10H2,1H3. The van der Waals surface area contributed by atoms with Crippen molar-refractivity contribution in [1.82, 2.24) is 0 Å². The van der Waals surface area contributed by atoms with Gasteiger partial charge in [-0.2, -0.15) is 5.26 Å². The number of nitrogens with one attached hydrogen (secondary N) is 1. The molecule has 2 rings (SSSR count). The molecule has 0 aromatic heterocycles. The van der Waals surface area contributed by atoms with E-state index in [1.807, 2.05) is 30.3 Å². The van der Waals surface area contributed by atoms with Crippen LogP contribution >= 0.6 is 11.6 Å². The Balaban J connectivity index is 2.12. The third-order valence-electron chi connectivity index (χ3n) is 2.78. The fourth-order valence-electron chi connectivity index (χ4n) is 1.75. The van der Waals surface area contributed by atoms with Crippen LogP contribution in [0, 0.1) is 11.3 Å². The molecule has 0 aliphatic heterocycles. The number of benzene rings is 2. The van der Waals surface area contributed by atoms with E-state index in [1.165, 1.54) is 0 Å². The van der Waals surface area contributed by atoms with Gasteiger partial charge in [-0.15, -0.1) is 0 Å². The summed E-state index contributed by atoms with van der Waals surface area (Å²) in [5.41, 5.74) is 2.48. The number of hydrogen-bond acceptors (Lipinski definition) is 3. The molecule has 0 amide bonds. The predicted molar refractivity (Wildman–Crippen MR) is 76.5 cm³/mol. The third-order valence-corrected chi connectivity index (χ3v) is 3.13. The van der Waals surface area contributed by atoms with E-state index in [9.17, 15) is 0 Å². The minimum atomic E-state index is 0.564. The van der Waals surface area contributed by atoms with Gasteiger partial charge in [0.1, 0.15) is 5.75 Å². The van der Waals surface area contributed by atoms with Crippen LogP contribution in [0.4, 0.5) is 5.69 Å². The molecule has 1 N–H and O–H groups in total. The number of rotatable bonds is 4. The molecule has 0 heterocycles. The Bertz CT molecular complexity index is 603. The normalized spacial score (nSPS) is 9.74. The summed E-state index contributed by atoms with van der Waals surface area (Å²) in [6, 6.07) is 14.9. The second-order valence-electron chi connectivity index (χ2n) is 3.96. The summed E-state index contributed by atoms with van der Waals surface area (Å²) >= 11 is 6.16. The van der Waals surface area contributed by atoms with Gasteiger partial charge in [0.25, 0.3) is 0 Å². The van der Waals surface area contributed by atoms with Crippen molar-refractivity contribution in [2.45, 2.75) is 6.54 Å². The predicted octanol–water partition coefficient (Wildman–Crippen LogP) is 3.83. The minimum Gasteiger partial charge on any atom is -0.496 e. The highest BCUT2D eigenvalue weighted by molar-refractivity contribution is 6.31. The first-order chi connectivity index (χ1) is 9.24. The molecule has 4 heteroatoms. The van der Waals surface area contributed by atoms with Gasteiger partial charge in [-0.05, 0) is 36.4 Å². The molecule has 0 aliphatic rings. The van der Waals surface area contributed by atoms with Gasteiger partial charge < -0.3 is 10.1 Å². The summed E-state index contributed by atoms with van der Waals surface area (Å²) in [5.74, 6) is 0.758. The average Bonchev–Trinajstić information content (AvgIpc) is 2.46. The Hall–Kier alpha value is -2.18. The quantitative estimate of drug-likeness (QED) is 0.920. The van der Waals surface area contributed by atoms with Crippen LogP contribution in [0.15, 0.2) is 42.5 Å². The number of nitriles is 1. The summed E-state index contributed by atoms with van der Waals surface area (Å²) in [5, 5.41) is 12.7. The Morgan fingerprint density at radius 3 is 2.58 bits per heavy atom. The molecule has 0 radical (unpaired) electrons. The Morgan fingerprint density at radius 2 is 1.95 bits per heavy atom. The van der Waals surface area contributed by atoms with E-state index in [0.717, 1.165) is 17.0 Å². The summed E-state index contributed by atoms with van der Waals surface area (Å²) in [7, 11) is 1.62. The lowest BCUT2D eigenvalue weighted by Crippen LogP contribution is -2.02. The number of hydrogen-bond donors (Lipinski definition) is 1. The molecule has 0 atom stereocenters. The molecular formula is C15H13ClN2O. The monoisotopic (exact) mass is 272 g/mol. The first-order valence-corrected chi connectivity index (χ1v) is 6.18. The second kappa shape index (κ2) is 6.12. The lowest BCUT2D eigenvalue weighted by Gasteiger charge is -2.12. The van der Waals surface area contributed by atoms with E-state index in [4.69, 9.17) is 21.6 Å². The molecule has 96 valence electrons. The fraction of sp³-hybridized carbons (Fsp3) is 0.133. The molecule has 19 heavy (non-hydrogen) atoms. The molecular weight excluding hydrogens is 260 g/mol. The molecule has 0 aliphatic carbocycles. The van der Waals surface area contributed by atoms with Crippen LogP contribution in [0.5, 0.6) is 5.75 Å². The third kappa shape index (κ3) is 3.18. The topological polar surface area (TPSA) is 45.0 Å². The van der Waals surface area contributed by atoms with Crippen LogP contribution in [0.25, 0.3) is 0 Å². The van der Waals surface area contributed by atoms with Crippen molar-refractivity contribution in [1.29, 1.82) is 5.26 Å². The van der Waals surface area contributed by atoms with Gasteiger partial charge in [-0.1, -0.05) is 17.7 Å². The van der Waals surface area contributed by atoms with Crippen LogP contribution in [0.2, 0.25) is 5.02 Å². The number of halogens is 1. The van der Waals surface area contributed by atoms with E-state index >= 15 is 0 Å². The van der Waals surface area contributed by atoms with Crippen molar-refractivity contribution in [2.24, 2.45) is 0 Å². The van der Waals surface area contributed by atoms with E-state index in [1.54, 1.807) is 19.2 Å². The molecule has 2 aromatic carbocycles. The number of methoxy groups -OCH3 is 1. The van der Waals surface area contributed by atoms with Gasteiger partial charge in [0.15, 0.2) is 0 Å². The molecule has 3 nitrogen and oxygen atoms in total. The van der Waals surface area contributed by atoms with E-state index in [2.05, 4.69) is 11.4 Å². The maximum atomic E-state index is 8.74. The van der Waals surface area contributed by atoms with Gasteiger partial charge in [0, 0.05) is 22.8 Å². The average molecular weight is 273 g/mol. The molecule has 0 unspecified atom stereocenters. The number of anilines is 1. The molecule has 0 fully saturated rings. The van der Waals surface area contributed by atoms with Crippen LogP contribution < -0.4 is 10.1 Å². The molecule has 0 saturated carbocycles. The molecule has 0 spiro atoms. The van der Waals surface area contributed by atoms with Crippen LogP contribution in [0.3, 0.4) is 0 Å². The fourth-order valence-corrected chi connectivity index (χ4v) is 1.99. The van der Waals surface area contributed by atoms with Crippen molar-refractivity contribution in [2.75, 3.05) is 12.4 Å². The van der Waals surface area contributed by atoms with Crippen LogP contribution in [-0.2, 0) is 6.54 Å². The summed E-state index contributed by atoms with van der Waals surface area (Å²) in [6.07, 6.45) is 0. The van der Waals surface area contributed by atoms with Crippen LogP contribution in [0.1, 0.15) is 11.1 Å². The highest BCUT2D eigenvalue weighted by atomic mass is 35.5. The lowest BCUT2D eigenvalue weighted by atomic mass is 10.2. The maximum absolute atomic E-state index is 8.74. The second-order valence-corrected chi connectivity index (χ2v) is 4.37. The Labute approximate surface area is 117 Å². The van der Waals surface area contributed by atoms with E-state index in [-0.39, 0.29) is 0 Å². The largest absolute Gasteiger partial charge is 0.496 e. The van der Waals surface area contributed by atoms with Gasteiger partial charge in [-0.25, -0.2) is 0 Å². The number of nitrogens with zero attached hydrogens (tertiary/aromatic N) is 1. The minimum absolute atomic E-state index is 0.564. The van der Waals surface area contributed by atoms with Gasteiger partial charge in [-0.3, -0.25) is 0 Å². The van der Waals surface area contributed by atoms with Crippen molar-refractivity contribution in [3.8, 4) is 11.8 Å². The zero-order chi connectivity index (χ0) is 13.7. The van der Waals surface area contributed by atoms with E-state index < -0.39 is 0 Å². The van der Waals surface area contributed by atoms with Gasteiger partial charge in [0.05, 0.1) is 18.7 Å². The summed E-state index contributed by atoms with van der Waals surface area (Å²) in [4.78, 5) is 0. The van der Waals surface area contributed by atoms with Crippen molar-refractivity contribution < 1.29 is 4.74 Å². The molecule has 0 bridgehead atoms. The van der Waals surface area contributed by atoms with Crippen molar-refractivity contribution >= 4 is 17.3 Å². The first kappa shape index (κ1) is 13.3. The maximum Gasteiger partial charge on any atom is 0.125 e. The van der Waals surface area contributed by atoms with Gasteiger partial charge in [0.2, 0.25) is 0 Å².